The van der Waals surface area contributed by atoms with Crippen molar-refractivity contribution in [3.63, 3.8) is 0 Å². The van der Waals surface area contributed by atoms with E-state index in [1.165, 1.54) is 5.39 Å². The summed E-state index contributed by atoms with van der Waals surface area (Å²) in [6.07, 6.45) is 0. The summed E-state index contributed by atoms with van der Waals surface area (Å²) in [5.41, 5.74) is 1.08. The van der Waals surface area contributed by atoms with E-state index in [2.05, 4.69) is 32.9 Å². The van der Waals surface area contributed by atoms with E-state index in [4.69, 9.17) is 4.42 Å². The fraction of sp³-hybridized carbons (Fsp3) is 0.364. The van der Waals surface area contributed by atoms with E-state index in [1.807, 2.05) is 18.9 Å². The van der Waals surface area contributed by atoms with E-state index in [-0.39, 0.29) is 5.41 Å². The number of hydrogen-bond donors (Lipinski definition) is 0. The van der Waals surface area contributed by atoms with Crippen molar-refractivity contribution in [3.05, 3.63) is 29.9 Å². The zero-order chi connectivity index (χ0) is 9.47. The van der Waals surface area contributed by atoms with Gasteiger partial charge in [0.25, 0.3) is 0 Å². The van der Waals surface area contributed by atoms with Crippen molar-refractivity contribution in [2.75, 3.05) is 0 Å². The molecule has 2 heteroatoms. The Bertz CT molecular complexity index is 390. The predicted molar refractivity (Wildman–Crippen MR) is 56.3 cm³/mol. The molecule has 66 valence electrons. The monoisotopic (exact) mass is 172 g/mol. The van der Waals surface area contributed by atoms with Gasteiger partial charge in [0, 0.05) is 0 Å². The van der Waals surface area contributed by atoms with Gasteiger partial charge in [-0.15, -0.1) is 0 Å². The van der Waals surface area contributed by atoms with Crippen LogP contribution in [0, 0.1) is 0 Å². The fourth-order valence-electron chi connectivity index (χ4n) is 1.35. The molecule has 0 atom stereocenters. The van der Waals surface area contributed by atoms with E-state index in [9.17, 15) is 0 Å². The third-order valence-corrected chi connectivity index (χ3v) is 2.16. The van der Waals surface area contributed by atoms with E-state index in [0.29, 0.717) is 0 Å². The van der Waals surface area contributed by atoms with Gasteiger partial charge >= 0.3 is 78.3 Å². The molecule has 2 rings (SSSR count). The summed E-state index contributed by atoms with van der Waals surface area (Å²) in [5, 5.41) is 1.19. The third-order valence-electron chi connectivity index (χ3n) is 2.16. The van der Waals surface area contributed by atoms with Gasteiger partial charge in [0.05, 0.1) is 0 Å². The first-order valence-electron chi connectivity index (χ1n) is 4.56. The van der Waals surface area contributed by atoms with Crippen LogP contribution in [0.2, 0.25) is 0 Å². The Balaban J connectivity index is 2.63. The van der Waals surface area contributed by atoms with Crippen molar-refractivity contribution in [3.8, 4) is 0 Å². The van der Waals surface area contributed by atoms with Crippen molar-refractivity contribution < 1.29 is 4.42 Å². The third kappa shape index (κ3) is 1.53. The van der Waals surface area contributed by atoms with Gasteiger partial charge in [0.15, 0.2) is 0 Å². The molecule has 0 aliphatic rings. The van der Waals surface area contributed by atoms with Crippen LogP contribution in [-0.4, -0.2) is 6.91 Å². The van der Waals surface area contributed by atoms with E-state index < -0.39 is 0 Å². The van der Waals surface area contributed by atoms with Crippen LogP contribution in [0.25, 0.3) is 10.9 Å². The second-order valence-electron chi connectivity index (χ2n) is 4.40. The van der Waals surface area contributed by atoms with Gasteiger partial charge in [-0.3, -0.25) is 0 Å². The second-order valence-corrected chi connectivity index (χ2v) is 4.40. The Morgan fingerprint density at radius 3 is 2.69 bits per heavy atom. The second kappa shape index (κ2) is 2.73. The molecule has 0 unspecified atom stereocenters. The van der Waals surface area contributed by atoms with E-state index >= 15 is 0 Å². The van der Waals surface area contributed by atoms with Crippen LogP contribution >= 0.6 is 0 Å². The average Bonchev–Trinajstić information content (AvgIpc) is 2.45. The first-order chi connectivity index (χ1) is 6.07. The summed E-state index contributed by atoms with van der Waals surface area (Å²) in [4.78, 5) is 0. The summed E-state index contributed by atoms with van der Waals surface area (Å²) < 4.78 is 5.73. The van der Waals surface area contributed by atoms with Crippen molar-refractivity contribution in [2.45, 2.75) is 26.2 Å². The predicted octanol–water partition coefficient (Wildman–Crippen LogP) is 3.07. The van der Waals surface area contributed by atoms with Crippen LogP contribution in [-0.2, 0) is 5.41 Å². The molecule has 0 radical (unpaired) electrons. The van der Waals surface area contributed by atoms with Crippen molar-refractivity contribution >= 4 is 17.8 Å². The number of rotatable bonds is 0. The molecular formula is C11H13BO. The Morgan fingerprint density at radius 2 is 2.08 bits per heavy atom. The SMILES string of the molecule is CC(C)(C)c1cc2cccbc2o1. The number of fused-ring (bicyclic) bond motifs is 1. The Labute approximate surface area is 79.0 Å². The van der Waals surface area contributed by atoms with Gasteiger partial charge in [-0.05, 0) is 0 Å². The zero-order valence-electron chi connectivity index (χ0n) is 8.29. The molecule has 2 aromatic heterocycles. The number of furan rings is 1. The molecule has 0 spiro atoms. The molecule has 1 nitrogen and oxygen atoms in total. The van der Waals surface area contributed by atoms with Gasteiger partial charge < -0.3 is 0 Å². The van der Waals surface area contributed by atoms with Crippen LogP contribution in [0.4, 0.5) is 0 Å². The number of hydrogen-bond acceptors (Lipinski definition) is 1. The Kier molecular flexibility index (Phi) is 1.79. The van der Waals surface area contributed by atoms with Crippen LogP contribution in [0.3, 0.4) is 0 Å². The van der Waals surface area contributed by atoms with Gasteiger partial charge in [-0.2, -0.15) is 0 Å². The van der Waals surface area contributed by atoms with Gasteiger partial charge in [0.2, 0.25) is 0 Å². The summed E-state index contributed by atoms with van der Waals surface area (Å²) >= 11 is 0. The molecule has 2 heterocycles. The van der Waals surface area contributed by atoms with E-state index in [0.717, 1.165) is 11.2 Å². The average molecular weight is 172 g/mol. The molecule has 0 aliphatic carbocycles. The molecule has 0 saturated carbocycles. The van der Waals surface area contributed by atoms with Crippen LogP contribution in [0.5, 0.6) is 0 Å². The normalized spacial score (nSPS) is 11.9. The quantitative estimate of drug-likeness (QED) is 0.595. The maximum atomic E-state index is 5.73. The molecule has 0 amide bonds. The molecule has 13 heavy (non-hydrogen) atoms. The minimum absolute atomic E-state index is 0.0962. The molecule has 0 aromatic carbocycles. The maximum absolute atomic E-state index is 5.73. The zero-order valence-corrected chi connectivity index (χ0v) is 8.29. The molecule has 2 aromatic rings. The minimum atomic E-state index is 0.0962. The molecule has 0 saturated heterocycles. The van der Waals surface area contributed by atoms with Gasteiger partial charge in [-0.1, -0.05) is 0 Å². The van der Waals surface area contributed by atoms with Crippen LogP contribution in [0.1, 0.15) is 26.5 Å². The molecule has 0 aliphatic heterocycles. The first-order valence-corrected chi connectivity index (χ1v) is 4.56. The summed E-state index contributed by atoms with van der Waals surface area (Å²) in [6.45, 7) is 8.48. The molecule has 0 fully saturated rings. The summed E-state index contributed by atoms with van der Waals surface area (Å²) in [5.74, 6) is 3.05. The van der Waals surface area contributed by atoms with Crippen LogP contribution < -0.4 is 0 Å². The fourth-order valence-corrected chi connectivity index (χ4v) is 1.35. The van der Waals surface area contributed by atoms with Crippen molar-refractivity contribution in [2.24, 2.45) is 0 Å². The molecule has 0 bridgehead atoms. The standard InChI is InChI=1S/C11H13BO/c1-11(2,3)9-7-8-5-4-6-12-10(8)13-9/h4-7H,1-3H3. The molecular weight excluding hydrogens is 159 g/mol. The topological polar surface area (TPSA) is 13.1 Å². The van der Waals surface area contributed by atoms with Gasteiger partial charge in [-0.25, -0.2) is 0 Å². The Hall–Kier alpha value is -1.05. The van der Waals surface area contributed by atoms with Gasteiger partial charge in [0.1, 0.15) is 0 Å². The molecule has 0 N–H and O–H groups in total. The summed E-state index contributed by atoms with van der Waals surface area (Å²) in [7, 11) is 0. The van der Waals surface area contributed by atoms with Crippen LogP contribution in [0.15, 0.2) is 28.6 Å². The van der Waals surface area contributed by atoms with Crippen molar-refractivity contribution in [1.29, 1.82) is 0 Å². The van der Waals surface area contributed by atoms with E-state index in [1.54, 1.807) is 0 Å². The van der Waals surface area contributed by atoms with Crippen molar-refractivity contribution in [1.82, 2.24) is 0 Å². The Morgan fingerprint density at radius 1 is 1.31 bits per heavy atom. The summed E-state index contributed by atoms with van der Waals surface area (Å²) in [6, 6.07) is 6.23. The first kappa shape index (κ1) is 8.55.